The summed E-state index contributed by atoms with van der Waals surface area (Å²) >= 11 is 0. The van der Waals surface area contributed by atoms with Gasteiger partial charge in [-0.25, -0.2) is 0 Å². The van der Waals surface area contributed by atoms with Gasteiger partial charge in [0.1, 0.15) is 5.75 Å². The van der Waals surface area contributed by atoms with Crippen molar-refractivity contribution in [3.05, 3.63) is 53.9 Å². The van der Waals surface area contributed by atoms with E-state index in [4.69, 9.17) is 4.74 Å². The van der Waals surface area contributed by atoms with E-state index in [0.29, 0.717) is 5.69 Å². The van der Waals surface area contributed by atoms with Gasteiger partial charge in [-0.2, -0.15) is 0 Å². The Balaban J connectivity index is 2.08. The van der Waals surface area contributed by atoms with E-state index in [1.807, 2.05) is 37.4 Å². The number of nitrogens with zero attached hydrogens (tertiary/aromatic N) is 2. The molecule has 0 saturated heterocycles. The van der Waals surface area contributed by atoms with E-state index < -0.39 is 6.10 Å². The number of anilines is 1. The molecule has 0 amide bonds. The van der Waals surface area contributed by atoms with Crippen molar-refractivity contribution in [2.24, 2.45) is 0 Å². The molecule has 0 radical (unpaired) electrons. The molecule has 0 bridgehead atoms. The highest BCUT2D eigenvalue weighted by molar-refractivity contribution is 5.45. The van der Waals surface area contributed by atoms with Crippen LogP contribution in [0.1, 0.15) is 24.3 Å². The highest BCUT2D eigenvalue weighted by Crippen LogP contribution is 2.19. The summed E-state index contributed by atoms with van der Waals surface area (Å²) in [6.07, 6.45) is 1.25. The van der Waals surface area contributed by atoms with E-state index in [9.17, 15) is 5.11 Å². The zero-order valence-corrected chi connectivity index (χ0v) is 12.1. The van der Waals surface area contributed by atoms with Gasteiger partial charge in [-0.1, -0.05) is 12.1 Å². The van der Waals surface area contributed by atoms with Gasteiger partial charge in [0, 0.05) is 13.6 Å². The Bertz CT molecular complexity index is 553. The molecule has 4 nitrogen and oxygen atoms in total. The first kappa shape index (κ1) is 14.3. The van der Waals surface area contributed by atoms with Gasteiger partial charge in [0.25, 0.3) is 0 Å². The molecular weight excluding hydrogens is 252 g/mol. The molecule has 2 aromatic rings. The Morgan fingerprint density at radius 3 is 2.70 bits per heavy atom. The van der Waals surface area contributed by atoms with E-state index in [1.165, 1.54) is 5.56 Å². The van der Waals surface area contributed by atoms with Crippen molar-refractivity contribution in [2.75, 3.05) is 19.1 Å². The molecule has 1 heterocycles. The maximum absolute atomic E-state index is 9.46. The molecule has 2 rings (SSSR count). The van der Waals surface area contributed by atoms with E-state index in [2.05, 4.69) is 16.0 Å². The largest absolute Gasteiger partial charge is 0.497 e. The summed E-state index contributed by atoms with van der Waals surface area (Å²) in [7, 11) is 3.68. The maximum Gasteiger partial charge on any atom is 0.119 e. The summed E-state index contributed by atoms with van der Waals surface area (Å²) in [6, 6.07) is 11.8. The lowest BCUT2D eigenvalue weighted by Gasteiger charge is -2.19. The zero-order chi connectivity index (χ0) is 14.5. The monoisotopic (exact) mass is 272 g/mol. The van der Waals surface area contributed by atoms with Crippen LogP contribution in [0.5, 0.6) is 5.75 Å². The van der Waals surface area contributed by atoms with E-state index in [1.54, 1.807) is 20.2 Å². The van der Waals surface area contributed by atoms with Gasteiger partial charge in [-0.3, -0.25) is 4.98 Å². The standard InChI is InChI=1S/C16H20N2O2/c1-12(19)16-8-7-14(10-17-16)18(2)11-13-5-4-6-15(9-13)20-3/h4-10,12,19H,11H2,1-3H3/t12-/m1/s1. The van der Waals surface area contributed by atoms with Crippen molar-refractivity contribution in [3.63, 3.8) is 0 Å². The Morgan fingerprint density at radius 1 is 1.30 bits per heavy atom. The molecule has 4 heteroatoms. The van der Waals surface area contributed by atoms with Crippen LogP contribution in [0.2, 0.25) is 0 Å². The number of hydrogen-bond donors (Lipinski definition) is 1. The molecule has 1 aromatic heterocycles. The second kappa shape index (κ2) is 6.39. The summed E-state index contributed by atoms with van der Waals surface area (Å²) in [5.41, 5.74) is 2.87. The lowest BCUT2D eigenvalue weighted by molar-refractivity contribution is 0.194. The predicted molar refractivity (Wildman–Crippen MR) is 80.0 cm³/mol. The smallest absolute Gasteiger partial charge is 0.119 e. The summed E-state index contributed by atoms with van der Waals surface area (Å²) < 4.78 is 5.23. The van der Waals surface area contributed by atoms with Gasteiger partial charge in [0.15, 0.2) is 0 Å². The summed E-state index contributed by atoms with van der Waals surface area (Å²) in [6.45, 7) is 2.48. The maximum atomic E-state index is 9.46. The lowest BCUT2D eigenvalue weighted by atomic mass is 10.2. The Labute approximate surface area is 119 Å². The molecule has 106 valence electrons. The quantitative estimate of drug-likeness (QED) is 0.909. The molecule has 0 fully saturated rings. The third kappa shape index (κ3) is 3.48. The van der Waals surface area contributed by atoms with Crippen LogP contribution in [0.3, 0.4) is 0 Å². The molecule has 0 aliphatic rings. The summed E-state index contributed by atoms with van der Waals surface area (Å²) in [4.78, 5) is 6.36. The molecule has 0 saturated carbocycles. The van der Waals surface area contributed by atoms with Crippen molar-refractivity contribution < 1.29 is 9.84 Å². The van der Waals surface area contributed by atoms with Crippen molar-refractivity contribution in [2.45, 2.75) is 19.6 Å². The van der Waals surface area contributed by atoms with Gasteiger partial charge in [-0.15, -0.1) is 0 Å². The number of hydrogen-bond acceptors (Lipinski definition) is 4. The predicted octanol–water partition coefficient (Wildman–Crippen LogP) is 2.78. The minimum absolute atomic E-state index is 0.534. The number of benzene rings is 1. The molecular formula is C16H20N2O2. The third-order valence-electron chi connectivity index (χ3n) is 3.19. The minimum Gasteiger partial charge on any atom is -0.497 e. The number of aromatic nitrogens is 1. The second-order valence-electron chi connectivity index (χ2n) is 4.82. The number of aliphatic hydroxyl groups is 1. The molecule has 0 spiro atoms. The topological polar surface area (TPSA) is 45.6 Å². The molecule has 0 aliphatic carbocycles. The number of aliphatic hydroxyl groups excluding tert-OH is 1. The van der Waals surface area contributed by atoms with Crippen LogP contribution in [-0.2, 0) is 6.54 Å². The third-order valence-corrected chi connectivity index (χ3v) is 3.19. The fraction of sp³-hybridized carbons (Fsp3) is 0.312. The highest BCUT2D eigenvalue weighted by atomic mass is 16.5. The van der Waals surface area contributed by atoms with Gasteiger partial charge in [0.05, 0.1) is 30.8 Å². The van der Waals surface area contributed by atoms with E-state index in [0.717, 1.165) is 18.0 Å². The Morgan fingerprint density at radius 2 is 2.10 bits per heavy atom. The van der Waals surface area contributed by atoms with E-state index in [-0.39, 0.29) is 0 Å². The van der Waals surface area contributed by atoms with Gasteiger partial charge < -0.3 is 14.7 Å². The van der Waals surface area contributed by atoms with Gasteiger partial charge in [0.2, 0.25) is 0 Å². The molecule has 1 N–H and O–H groups in total. The van der Waals surface area contributed by atoms with Crippen LogP contribution in [-0.4, -0.2) is 24.2 Å². The van der Waals surface area contributed by atoms with Crippen LogP contribution in [0.4, 0.5) is 5.69 Å². The SMILES string of the molecule is COc1cccc(CN(C)c2ccc([C@@H](C)O)nc2)c1. The van der Waals surface area contributed by atoms with Crippen LogP contribution < -0.4 is 9.64 Å². The Hall–Kier alpha value is -2.07. The van der Waals surface area contributed by atoms with Crippen LogP contribution in [0.25, 0.3) is 0 Å². The fourth-order valence-corrected chi connectivity index (χ4v) is 2.01. The van der Waals surface area contributed by atoms with Gasteiger partial charge in [-0.05, 0) is 36.8 Å². The summed E-state index contributed by atoms with van der Waals surface area (Å²) in [5.74, 6) is 0.860. The second-order valence-corrected chi connectivity index (χ2v) is 4.82. The van der Waals surface area contributed by atoms with Crippen molar-refractivity contribution in [1.29, 1.82) is 0 Å². The van der Waals surface area contributed by atoms with Crippen LogP contribution in [0.15, 0.2) is 42.6 Å². The zero-order valence-electron chi connectivity index (χ0n) is 12.1. The Kier molecular flexibility index (Phi) is 4.58. The first-order valence-corrected chi connectivity index (χ1v) is 6.58. The number of methoxy groups -OCH3 is 1. The first-order valence-electron chi connectivity index (χ1n) is 6.58. The van der Waals surface area contributed by atoms with Crippen molar-refractivity contribution in [3.8, 4) is 5.75 Å². The van der Waals surface area contributed by atoms with Crippen molar-refractivity contribution in [1.82, 2.24) is 4.98 Å². The molecule has 1 aromatic carbocycles. The fourth-order valence-electron chi connectivity index (χ4n) is 2.01. The lowest BCUT2D eigenvalue weighted by Crippen LogP contribution is -2.16. The minimum atomic E-state index is -0.534. The number of ether oxygens (including phenoxy) is 1. The van der Waals surface area contributed by atoms with Crippen molar-refractivity contribution >= 4 is 5.69 Å². The van der Waals surface area contributed by atoms with Crippen LogP contribution in [0, 0.1) is 0 Å². The molecule has 1 atom stereocenters. The summed E-state index contributed by atoms with van der Waals surface area (Å²) in [5, 5.41) is 9.46. The van der Waals surface area contributed by atoms with E-state index >= 15 is 0 Å². The average Bonchev–Trinajstić information content (AvgIpc) is 2.47. The molecule has 0 unspecified atom stereocenters. The average molecular weight is 272 g/mol. The van der Waals surface area contributed by atoms with Crippen LogP contribution >= 0.6 is 0 Å². The number of rotatable bonds is 5. The molecule has 0 aliphatic heterocycles. The highest BCUT2D eigenvalue weighted by Gasteiger charge is 2.06. The first-order chi connectivity index (χ1) is 9.60. The van der Waals surface area contributed by atoms with Gasteiger partial charge >= 0.3 is 0 Å². The normalized spacial score (nSPS) is 12.0. The number of pyridine rings is 1. The molecule has 20 heavy (non-hydrogen) atoms.